The highest BCUT2D eigenvalue weighted by Crippen LogP contribution is 1.90. The molecule has 0 aromatic heterocycles. The maximum atomic E-state index is 9.57. The molecular weight excluding hydrogens is 340 g/mol. The van der Waals surface area contributed by atoms with E-state index in [0.717, 1.165) is 31.8 Å². The van der Waals surface area contributed by atoms with Crippen LogP contribution in [0.5, 0.6) is 0 Å². The van der Waals surface area contributed by atoms with Crippen molar-refractivity contribution in [1.82, 2.24) is 0 Å². The quantitative estimate of drug-likeness (QED) is 0.447. The second-order valence-corrected chi connectivity index (χ2v) is 6.30. The SMILES string of the molecule is CC(C)COC(=O)[O-].CC(C)C[NH3+].CCCCOC(=O)[O-].CCCC[NH3+]. The van der Waals surface area contributed by atoms with Crippen molar-refractivity contribution in [3.8, 4) is 0 Å². The van der Waals surface area contributed by atoms with Gasteiger partial charge in [-0.2, -0.15) is 0 Å². The van der Waals surface area contributed by atoms with Gasteiger partial charge in [-0.3, -0.25) is 0 Å². The second-order valence-electron chi connectivity index (χ2n) is 6.30. The second kappa shape index (κ2) is 28.3. The Morgan fingerprint density at radius 1 is 0.846 bits per heavy atom. The number of rotatable bonds is 8. The Morgan fingerprint density at radius 3 is 1.42 bits per heavy atom. The Labute approximate surface area is 159 Å². The number of hydrogen-bond acceptors (Lipinski definition) is 6. The van der Waals surface area contributed by atoms with E-state index in [1.165, 1.54) is 12.8 Å². The normalized spacial score (nSPS) is 9.00. The molecule has 0 rings (SSSR count). The Morgan fingerprint density at radius 2 is 1.27 bits per heavy atom. The first-order valence-electron chi connectivity index (χ1n) is 9.34. The fraction of sp³-hybridized carbons (Fsp3) is 0.889. The molecule has 6 N–H and O–H groups in total. The van der Waals surface area contributed by atoms with E-state index < -0.39 is 12.3 Å². The van der Waals surface area contributed by atoms with Gasteiger partial charge in [0.1, 0.15) is 0 Å². The van der Waals surface area contributed by atoms with Crippen molar-refractivity contribution in [2.45, 2.75) is 67.2 Å². The predicted molar refractivity (Wildman–Crippen MR) is 97.7 cm³/mol. The van der Waals surface area contributed by atoms with E-state index >= 15 is 0 Å². The lowest BCUT2D eigenvalue weighted by Gasteiger charge is -2.09. The predicted octanol–water partition coefficient (Wildman–Crippen LogP) is 0.0614. The molecule has 0 spiro atoms. The Balaban J connectivity index is -0.000000127. The zero-order valence-corrected chi connectivity index (χ0v) is 17.7. The number of carbonyl (C=O) groups is 2. The van der Waals surface area contributed by atoms with Gasteiger partial charge in [0.2, 0.25) is 0 Å². The Hall–Kier alpha value is -1.54. The van der Waals surface area contributed by atoms with Crippen LogP contribution in [0.3, 0.4) is 0 Å². The van der Waals surface area contributed by atoms with Gasteiger partial charge in [-0.15, -0.1) is 0 Å². The van der Waals surface area contributed by atoms with E-state index in [1.807, 2.05) is 20.8 Å². The summed E-state index contributed by atoms with van der Waals surface area (Å²) in [5, 5.41) is 19.1. The van der Waals surface area contributed by atoms with Gasteiger partial charge in [-0.25, -0.2) is 0 Å². The molecule has 8 nitrogen and oxygen atoms in total. The standard InChI is InChI=1S/2C5H10O3.2C4H11N/c1-4(2)3-8-5(6)7;1-2-3-4-8-5(6)7;1-4(2)3-5;1-2-3-4-5/h4H,3H2,1-2H3,(H,6,7);2-4H2,1H3,(H,6,7);4H,3,5H2,1-2H3;2-5H2,1H3. The average Bonchev–Trinajstić information content (AvgIpc) is 2.55. The van der Waals surface area contributed by atoms with Crippen LogP contribution in [0.25, 0.3) is 0 Å². The monoisotopic (exact) mass is 382 g/mol. The molecule has 0 saturated heterocycles. The minimum Gasteiger partial charge on any atom is -0.550 e. The molecule has 0 aliphatic heterocycles. The van der Waals surface area contributed by atoms with Gasteiger partial charge in [0, 0.05) is 19.1 Å². The number of carboxylic acid groups (broad SMARTS) is 2. The molecule has 0 bridgehead atoms. The third kappa shape index (κ3) is 66.6. The van der Waals surface area contributed by atoms with E-state index in [4.69, 9.17) is 0 Å². The van der Waals surface area contributed by atoms with Crippen molar-refractivity contribution in [3.63, 3.8) is 0 Å². The molecule has 8 heteroatoms. The van der Waals surface area contributed by atoms with Gasteiger partial charge in [-0.05, 0) is 18.8 Å². The number of ether oxygens (including phenoxy) is 2. The number of quaternary nitrogens is 2. The van der Waals surface area contributed by atoms with Crippen LogP contribution in [0.1, 0.15) is 67.2 Å². The first-order chi connectivity index (χ1) is 12.1. The van der Waals surface area contributed by atoms with Crippen molar-refractivity contribution in [2.75, 3.05) is 26.3 Å². The number of carbonyl (C=O) groups excluding carboxylic acids is 2. The molecule has 26 heavy (non-hydrogen) atoms. The molecule has 0 saturated carbocycles. The van der Waals surface area contributed by atoms with E-state index in [0.29, 0.717) is 0 Å². The van der Waals surface area contributed by atoms with Crippen molar-refractivity contribution in [2.24, 2.45) is 11.8 Å². The topological polar surface area (TPSA) is 154 Å². The maximum Gasteiger partial charge on any atom is 0.251 e. The van der Waals surface area contributed by atoms with Gasteiger partial charge in [0.25, 0.3) is 12.3 Å². The largest absolute Gasteiger partial charge is 0.550 e. The molecule has 0 unspecified atom stereocenters. The molecule has 0 aliphatic carbocycles. The van der Waals surface area contributed by atoms with E-state index in [1.54, 1.807) is 0 Å². The van der Waals surface area contributed by atoms with Crippen molar-refractivity contribution in [3.05, 3.63) is 0 Å². The molecule has 0 atom stereocenters. The van der Waals surface area contributed by atoms with Crippen LogP contribution in [0.4, 0.5) is 9.59 Å². The van der Waals surface area contributed by atoms with Gasteiger partial charge < -0.3 is 40.7 Å². The van der Waals surface area contributed by atoms with Crippen LogP contribution >= 0.6 is 0 Å². The van der Waals surface area contributed by atoms with Gasteiger partial charge in [0.05, 0.1) is 13.1 Å². The van der Waals surface area contributed by atoms with Crippen LogP contribution < -0.4 is 21.7 Å². The van der Waals surface area contributed by atoms with Crippen molar-refractivity contribution in [1.29, 1.82) is 0 Å². The number of hydrogen-bond donors (Lipinski definition) is 2. The first-order valence-corrected chi connectivity index (χ1v) is 9.34. The fourth-order valence-corrected chi connectivity index (χ4v) is 0.785. The molecule has 0 heterocycles. The summed E-state index contributed by atoms with van der Waals surface area (Å²) in [7, 11) is 0. The van der Waals surface area contributed by atoms with Gasteiger partial charge in [0.15, 0.2) is 0 Å². The lowest BCUT2D eigenvalue weighted by atomic mass is 10.2. The maximum absolute atomic E-state index is 9.57. The van der Waals surface area contributed by atoms with Crippen LogP contribution in [0.15, 0.2) is 0 Å². The minimum absolute atomic E-state index is 0.225. The molecular formula is C18H42N2O6. The molecule has 0 amide bonds. The fourth-order valence-electron chi connectivity index (χ4n) is 0.785. The molecule has 0 aromatic rings. The Kier molecular flexibility index (Phi) is 35.0. The summed E-state index contributed by atoms with van der Waals surface area (Å²) >= 11 is 0. The van der Waals surface area contributed by atoms with Crippen molar-refractivity contribution < 1.29 is 40.7 Å². The lowest BCUT2D eigenvalue weighted by molar-refractivity contribution is -0.376. The highest BCUT2D eigenvalue weighted by Gasteiger charge is 1.89. The van der Waals surface area contributed by atoms with E-state index in [-0.39, 0.29) is 19.1 Å². The highest BCUT2D eigenvalue weighted by atomic mass is 16.7. The summed E-state index contributed by atoms with van der Waals surface area (Å²) in [6, 6.07) is 0. The number of unbranched alkanes of at least 4 members (excludes halogenated alkanes) is 2. The third-order valence-electron chi connectivity index (χ3n) is 2.43. The molecule has 160 valence electrons. The molecule has 0 aliphatic rings. The summed E-state index contributed by atoms with van der Waals surface area (Å²) in [6.07, 6.45) is 1.39. The average molecular weight is 383 g/mol. The van der Waals surface area contributed by atoms with Gasteiger partial charge >= 0.3 is 0 Å². The molecule has 0 fully saturated rings. The highest BCUT2D eigenvalue weighted by molar-refractivity contribution is 5.54. The smallest absolute Gasteiger partial charge is 0.251 e. The van der Waals surface area contributed by atoms with Crippen LogP contribution in [0.2, 0.25) is 0 Å². The molecule has 0 radical (unpaired) electrons. The van der Waals surface area contributed by atoms with Crippen molar-refractivity contribution >= 4 is 12.3 Å². The van der Waals surface area contributed by atoms with Crippen LogP contribution in [-0.4, -0.2) is 38.6 Å². The van der Waals surface area contributed by atoms with Crippen LogP contribution in [-0.2, 0) is 9.47 Å². The first kappa shape index (κ1) is 32.2. The molecule has 0 aromatic carbocycles. The van der Waals surface area contributed by atoms with Crippen LogP contribution in [0, 0.1) is 11.8 Å². The zero-order valence-electron chi connectivity index (χ0n) is 17.7. The Bertz CT molecular complexity index is 285. The summed E-state index contributed by atoms with van der Waals surface area (Å²) in [4.78, 5) is 19.1. The lowest BCUT2D eigenvalue weighted by Crippen LogP contribution is -2.52. The summed E-state index contributed by atoms with van der Waals surface area (Å²) in [5.74, 6) is 1.02. The summed E-state index contributed by atoms with van der Waals surface area (Å²) in [5.41, 5.74) is 7.36. The van der Waals surface area contributed by atoms with E-state index in [9.17, 15) is 19.8 Å². The minimum atomic E-state index is -1.45. The third-order valence-corrected chi connectivity index (χ3v) is 2.43. The van der Waals surface area contributed by atoms with E-state index in [2.05, 4.69) is 41.7 Å². The summed E-state index contributed by atoms with van der Waals surface area (Å²) in [6.45, 7) is 14.8. The summed E-state index contributed by atoms with van der Waals surface area (Å²) < 4.78 is 8.20. The zero-order chi connectivity index (χ0) is 21.4. The van der Waals surface area contributed by atoms with Gasteiger partial charge in [-0.1, -0.05) is 54.4 Å².